The molecule has 0 aliphatic carbocycles. The number of nitrogens with one attached hydrogen (secondary N) is 2. The van der Waals surface area contributed by atoms with Gasteiger partial charge in [-0.05, 0) is 66.7 Å². The number of rotatable bonds is 5. The zero-order chi connectivity index (χ0) is 23.4. The van der Waals surface area contributed by atoms with Gasteiger partial charge in [0.1, 0.15) is 5.52 Å². The lowest BCUT2D eigenvalue weighted by atomic mass is 10.2. The van der Waals surface area contributed by atoms with Crippen LogP contribution < -0.4 is 10.6 Å². The number of benzene rings is 3. The van der Waals surface area contributed by atoms with Crippen molar-refractivity contribution in [3.05, 3.63) is 94.0 Å². The molecule has 4 rings (SSSR count). The van der Waals surface area contributed by atoms with E-state index in [4.69, 9.17) is 16.6 Å². The normalized spacial score (nSPS) is 10.9. The van der Waals surface area contributed by atoms with Crippen molar-refractivity contribution in [2.45, 2.75) is 6.92 Å². The summed E-state index contributed by atoms with van der Waals surface area (Å²) in [6, 6.07) is 19.1. The maximum atomic E-state index is 12.2. The third-order valence-electron chi connectivity index (χ3n) is 4.66. The predicted molar refractivity (Wildman–Crippen MR) is 131 cm³/mol. The number of fused-ring (bicyclic) bond motifs is 1. The second-order valence-corrected chi connectivity index (χ2v) is 7.61. The van der Waals surface area contributed by atoms with Crippen LogP contribution >= 0.6 is 12.2 Å². The fourth-order valence-electron chi connectivity index (χ4n) is 3.12. The van der Waals surface area contributed by atoms with Crippen LogP contribution in [-0.4, -0.2) is 20.9 Å². The van der Waals surface area contributed by atoms with Crippen LogP contribution in [0.5, 0.6) is 0 Å². The van der Waals surface area contributed by atoms with Gasteiger partial charge in [-0.25, -0.2) is 4.98 Å². The maximum absolute atomic E-state index is 12.2. The molecular formula is C24H18N4O4S. The molecule has 9 heteroatoms. The molecule has 33 heavy (non-hydrogen) atoms. The Hall–Kier alpha value is -4.37. The quantitative estimate of drug-likeness (QED) is 0.182. The number of aromatic nitrogens is 1. The Balaban J connectivity index is 1.40. The van der Waals surface area contributed by atoms with Crippen LogP contribution in [0.4, 0.5) is 11.4 Å². The van der Waals surface area contributed by atoms with Gasteiger partial charge in [0.15, 0.2) is 10.7 Å². The van der Waals surface area contributed by atoms with Crippen LogP contribution in [0, 0.1) is 17.0 Å². The van der Waals surface area contributed by atoms with E-state index in [1.807, 2.05) is 43.3 Å². The molecule has 0 radical (unpaired) electrons. The van der Waals surface area contributed by atoms with Crippen molar-refractivity contribution in [2.24, 2.45) is 0 Å². The summed E-state index contributed by atoms with van der Waals surface area (Å²) < 4.78 is 5.86. The summed E-state index contributed by atoms with van der Waals surface area (Å²) in [6.07, 6.45) is 2.73. The maximum Gasteiger partial charge on any atom is 0.270 e. The number of anilines is 1. The number of carbonyl (C=O) groups is 1. The van der Waals surface area contributed by atoms with E-state index in [1.165, 1.54) is 24.3 Å². The van der Waals surface area contributed by atoms with Gasteiger partial charge in [-0.15, -0.1) is 0 Å². The second kappa shape index (κ2) is 9.41. The molecule has 3 aromatic carbocycles. The van der Waals surface area contributed by atoms with E-state index in [0.29, 0.717) is 22.7 Å². The van der Waals surface area contributed by atoms with Crippen molar-refractivity contribution in [3.63, 3.8) is 0 Å². The Morgan fingerprint density at radius 2 is 1.94 bits per heavy atom. The smallest absolute Gasteiger partial charge is 0.270 e. The number of hydrogen-bond donors (Lipinski definition) is 2. The Bertz CT molecular complexity index is 1410. The molecule has 4 aromatic rings. The zero-order valence-corrected chi connectivity index (χ0v) is 18.3. The number of nitro benzene ring substituents is 1. The van der Waals surface area contributed by atoms with Crippen LogP contribution in [-0.2, 0) is 4.79 Å². The molecule has 0 aliphatic heterocycles. The van der Waals surface area contributed by atoms with E-state index in [-0.39, 0.29) is 10.8 Å². The molecule has 1 heterocycles. The van der Waals surface area contributed by atoms with Gasteiger partial charge < -0.3 is 9.73 Å². The summed E-state index contributed by atoms with van der Waals surface area (Å²) in [5.74, 6) is 0.0126. The highest BCUT2D eigenvalue weighted by Crippen LogP contribution is 2.26. The molecule has 0 bridgehead atoms. The number of amides is 1. The van der Waals surface area contributed by atoms with Gasteiger partial charge in [-0.2, -0.15) is 0 Å². The Morgan fingerprint density at radius 1 is 1.12 bits per heavy atom. The molecule has 0 atom stereocenters. The van der Waals surface area contributed by atoms with Crippen LogP contribution in [0.2, 0.25) is 0 Å². The Kier molecular flexibility index (Phi) is 6.23. The highest BCUT2D eigenvalue weighted by atomic mass is 32.1. The second-order valence-electron chi connectivity index (χ2n) is 7.20. The van der Waals surface area contributed by atoms with Gasteiger partial charge in [0.2, 0.25) is 11.8 Å². The van der Waals surface area contributed by atoms with E-state index in [1.54, 1.807) is 18.2 Å². The largest absolute Gasteiger partial charge is 0.436 e. The molecule has 2 N–H and O–H groups in total. The lowest BCUT2D eigenvalue weighted by molar-refractivity contribution is -0.384. The molecule has 164 valence electrons. The molecule has 0 saturated carbocycles. The third kappa shape index (κ3) is 5.46. The summed E-state index contributed by atoms with van der Waals surface area (Å²) in [7, 11) is 0. The van der Waals surface area contributed by atoms with E-state index in [2.05, 4.69) is 15.6 Å². The topological polar surface area (TPSA) is 110 Å². The van der Waals surface area contributed by atoms with Crippen LogP contribution in [0.15, 0.2) is 77.2 Å². The third-order valence-corrected chi connectivity index (χ3v) is 4.86. The monoisotopic (exact) mass is 458 g/mol. The molecule has 0 saturated heterocycles. The van der Waals surface area contributed by atoms with Gasteiger partial charge in [0.05, 0.1) is 4.92 Å². The van der Waals surface area contributed by atoms with Crippen molar-refractivity contribution < 1.29 is 14.1 Å². The minimum atomic E-state index is -0.494. The molecule has 1 aromatic heterocycles. The molecule has 0 aliphatic rings. The van der Waals surface area contributed by atoms with Gasteiger partial charge in [-0.1, -0.05) is 24.3 Å². The zero-order valence-electron chi connectivity index (χ0n) is 17.4. The van der Waals surface area contributed by atoms with Crippen molar-refractivity contribution in [1.29, 1.82) is 0 Å². The minimum absolute atomic E-state index is 0.0521. The SMILES string of the molecule is Cc1ccc2nc(-c3cccc(NC(=S)NC(=O)C=Cc4cccc([N+](=O)[O-])c4)c3)oc2c1. The number of aryl methyl sites for hydroxylation is 1. The average Bonchev–Trinajstić information content (AvgIpc) is 3.21. The first-order valence-electron chi connectivity index (χ1n) is 9.89. The first kappa shape index (κ1) is 21.8. The number of hydrogen-bond acceptors (Lipinski definition) is 6. The molecule has 0 spiro atoms. The highest BCUT2D eigenvalue weighted by molar-refractivity contribution is 7.80. The van der Waals surface area contributed by atoms with Gasteiger partial charge >= 0.3 is 0 Å². The van der Waals surface area contributed by atoms with Gasteiger partial charge in [-0.3, -0.25) is 20.2 Å². The van der Waals surface area contributed by atoms with E-state index in [0.717, 1.165) is 16.6 Å². The standard InChI is InChI=1S/C24H18N4O4S/c1-15-8-10-20-21(12-15)32-23(26-20)17-5-3-6-18(14-17)25-24(33)27-22(29)11-9-16-4-2-7-19(13-16)28(30)31/h2-14H,1H3,(H2,25,27,29,33). The number of nitrogens with zero attached hydrogens (tertiary/aromatic N) is 2. The van der Waals surface area contributed by atoms with Crippen molar-refractivity contribution in [1.82, 2.24) is 10.3 Å². The number of non-ortho nitro benzene ring substituents is 1. The summed E-state index contributed by atoms with van der Waals surface area (Å²) in [5, 5.41) is 16.5. The average molecular weight is 458 g/mol. The fourth-order valence-corrected chi connectivity index (χ4v) is 3.33. The Labute approximate surface area is 194 Å². The summed E-state index contributed by atoms with van der Waals surface area (Å²) >= 11 is 5.22. The molecule has 1 amide bonds. The molecule has 8 nitrogen and oxygen atoms in total. The fraction of sp³-hybridized carbons (Fsp3) is 0.0417. The van der Waals surface area contributed by atoms with Gasteiger partial charge in [0, 0.05) is 29.5 Å². The van der Waals surface area contributed by atoms with Crippen LogP contribution in [0.25, 0.3) is 28.6 Å². The first-order chi connectivity index (χ1) is 15.9. The summed E-state index contributed by atoms with van der Waals surface area (Å²) in [5.41, 5.74) is 4.45. The number of oxazole rings is 1. The minimum Gasteiger partial charge on any atom is -0.436 e. The number of thiocarbonyl (C=S) groups is 1. The predicted octanol–water partition coefficient (Wildman–Crippen LogP) is 5.24. The Morgan fingerprint density at radius 3 is 2.76 bits per heavy atom. The lowest BCUT2D eigenvalue weighted by Gasteiger charge is -2.09. The van der Waals surface area contributed by atoms with Crippen LogP contribution in [0.1, 0.15) is 11.1 Å². The summed E-state index contributed by atoms with van der Waals surface area (Å²) in [4.78, 5) is 27.0. The number of carbonyl (C=O) groups excluding carboxylic acids is 1. The molecule has 0 unspecified atom stereocenters. The first-order valence-corrected chi connectivity index (χ1v) is 10.3. The van der Waals surface area contributed by atoms with Crippen molar-refractivity contribution >= 4 is 51.8 Å². The van der Waals surface area contributed by atoms with Crippen molar-refractivity contribution in [2.75, 3.05) is 5.32 Å². The highest BCUT2D eigenvalue weighted by Gasteiger charge is 2.10. The number of nitro groups is 1. The van der Waals surface area contributed by atoms with E-state index < -0.39 is 10.8 Å². The lowest BCUT2D eigenvalue weighted by Crippen LogP contribution is -2.32. The van der Waals surface area contributed by atoms with E-state index >= 15 is 0 Å². The van der Waals surface area contributed by atoms with E-state index in [9.17, 15) is 14.9 Å². The van der Waals surface area contributed by atoms with Gasteiger partial charge in [0.25, 0.3) is 5.69 Å². The summed E-state index contributed by atoms with van der Waals surface area (Å²) in [6.45, 7) is 1.99. The van der Waals surface area contributed by atoms with Crippen LogP contribution in [0.3, 0.4) is 0 Å². The van der Waals surface area contributed by atoms with Crippen molar-refractivity contribution in [3.8, 4) is 11.5 Å². The molecule has 0 fully saturated rings. The molecular weight excluding hydrogens is 440 g/mol.